The van der Waals surface area contributed by atoms with Crippen LogP contribution in [-0.4, -0.2) is 36.8 Å². The lowest BCUT2D eigenvalue weighted by atomic mass is 10.1. The molecule has 18 heavy (non-hydrogen) atoms. The van der Waals surface area contributed by atoms with Gasteiger partial charge in [0.1, 0.15) is 6.23 Å². The molecule has 0 radical (unpaired) electrons. The fourth-order valence-corrected chi connectivity index (χ4v) is 1.74. The number of ether oxygens (including phenoxy) is 2. The number of hydrogen-bond acceptors (Lipinski definition) is 5. The number of benzene rings is 1. The first-order valence-corrected chi connectivity index (χ1v) is 5.76. The van der Waals surface area contributed by atoms with Crippen LogP contribution in [0.25, 0.3) is 0 Å². The maximum Gasteiger partial charge on any atom is 0.273 e. The van der Waals surface area contributed by atoms with Crippen molar-refractivity contribution >= 4 is 5.69 Å². The molecule has 2 rings (SSSR count). The summed E-state index contributed by atoms with van der Waals surface area (Å²) in [6.45, 7) is 2.42. The van der Waals surface area contributed by atoms with E-state index in [-0.39, 0.29) is 11.9 Å². The van der Waals surface area contributed by atoms with E-state index in [1.54, 1.807) is 6.07 Å². The van der Waals surface area contributed by atoms with Crippen LogP contribution >= 0.6 is 0 Å². The average molecular weight is 252 g/mol. The van der Waals surface area contributed by atoms with Gasteiger partial charge in [0.05, 0.1) is 17.6 Å². The van der Waals surface area contributed by atoms with Gasteiger partial charge < -0.3 is 9.47 Å². The summed E-state index contributed by atoms with van der Waals surface area (Å²) in [5.74, 6) is 1.08. The molecular formula is C12H16N2O4. The fraction of sp³-hybridized carbons (Fsp3) is 0.500. The van der Waals surface area contributed by atoms with E-state index in [1.165, 1.54) is 6.07 Å². The first-order valence-electron chi connectivity index (χ1n) is 5.76. The van der Waals surface area contributed by atoms with Gasteiger partial charge in [-0.15, -0.1) is 0 Å². The Balaban J connectivity index is 2.36. The number of nitro benzene ring substituents is 1. The van der Waals surface area contributed by atoms with E-state index in [4.69, 9.17) is 9.47 Å². The van der Waals surface area contributed by atoms with Crippen molar-refractivity contribution in [2.24, 2.45) is 0 Å². The van der Waals surface area contributed by atoms with Gasteiger partial charge in [0.15, 0.2) is 11.5 Å². The van der Waals surface area contributed by atoms with Crippen molar-refractivity contribution in [3.05, 3.63) is 27.8 Å². The van der Waals surface area contributed by atoms with Gasteiger partial charge in [-0.25, -0.2) is 0 Å². The molecule has 1 aromatic rings. The van der Waals surface area contributed by atoms with Gasteiger partial charge in [-0.2, -0.15) is 0 Å². The topological polar surface area (TPSA) is 64.8 Å². The van der Waals surface area contributed by atoms with E-state index in [2.05, 4.69) is 0 Å². The van der Waals surface area contributed by atoms with Crippen molar-refractivity contribution in [3.8, 4) is 11.5 Å². The van der Waals surface area contributed by atoms with Gasteiger partial charge in [0, 0.05) is 18.1 Å². The van der Waals surface area contributed by atoms with Crippen molar-refractivity contribution in [2.75, 3.05) is 20.7 Å². The predicted molar refractivity (Wildman–Crippen MR) is 66.1 cm³/mol. The molecular weight excluding hydrogens is 236 g/mol. The number of nitrogens with zero attached hydrogens (tertiary/aromatic N) is 2. The van der Waals surface area contributed by atoms with E-state index >= 15 is 0 Å². The molecule has 0 bridgehead atoms. The third-order valence-electron chi connectivity index (χ3n) is 2.97. The van der Waals surface area contributed by atoms with Gasteiger partial charge >= 0.3 is 0 Å². The third kappa shape index (κ3) is 2.38. The zero-order valence-electron chi connectivity index (χ0n) is 10.7. The van der Waals surface area contributed by atoms with Crippen molar-refractivity contribution in [2.45, 2.75) is 19.6 Å². The SMILES string of the molecule is CC(Oc1cc([N+](=O)[O-])cc2c1OCC2)N(C)C. The van der Waals surface area contributed by atoms with Crippen LogP contribution in [0.1, 0.15) is 12.5 Å². The van der Waals surface area contributed by atoms with Gasteiger partial charge in [-0.05, 0) is 21.0 Å². The summed E-state index contributed by atoms with van der Waals surface area (Å²) in [6, 6.07) is 2.97. The molecule has 1 aliphatic heterocycles. The van der Waals surface area contributed by atoms with Crippen molar-refractivity contribution in [3.63, 3.8) is 0 Å². The zero-order valence-corrected chi connectivity index (χ0v) is 10.7. The molecule has 6 nitrogen and oxygen atoms in total. The highest BCUT2D eigenvalue weighted by atomic mass is 16.6. The van der Waals surface area contributed by atoms with Crippen LogP contribution in [0.15, 0.2) is 12.1 Å². The Hall–Kier alpha value is -1.82. The maximum atomic E-state index is 10.9. The largest absolute Gasteiger partial charge is 0.489 e. The number of non-ortho nitro benzene ring substituents is 1. The molecule has 0 saturated heterocycles. The minimum atomic E-state index is -0.411. The molecule has 0 fully saturated rings. The highest BCUT2D eigenvalue weighted by molar-refractivity contribution is 5.55. The second-order valence-corrected chi connectivity index (χ2v) is 4.47. The number of hydrogen-bond donors (Lipinski definition) is 0. The quantitative estimate of drug-likeness (QED) is 0.464. The molecule has 98 valence electrons. The predicted octanol–water partition coefficient (Wildman–Crippen LogP) is 1.82. The molecule has 1 atom stereocenters. The van der Waals surface area contributed by atoms with E-state index in [0.717, 1.165) is 5.56 Å². The van der Waals surface area contributed by atoms with Crippen molar-refractivity contribution in [1.82, 2.24) is 4.90 Å². The van der Waals surface area contributed by atoms with E-state index in [9.17, 15) is 10.1 Å². The van der Waals surface area contributed by atoms with Gasteiger partial charge in [-0.1, -0.05) is 0 Å². The van der Waals surface area contributed by atoms with Crippen LogP contribution in [0, 0.1) is 10.1 Å². The Morgan fingerprint density at radius 3 is 2.83 bits per heavy atom. The summed E-state index contributed by atoms with van der Waals surface area (Å²) in [6.07, 6.45) is 0.504. The third-order valence-corrected chi connectivity index (χ3v) is 2.97. The van der Waals surface area contributed by atoms with Crippen molar-refractivity contribution in [1.29, 1.82) is 0 Å². The van der Waals surface area contributed by atoms with Gasteiger partial charge in [0.2, 0.25) is 0 Å². The molecule has 6 heteroatoms. The Morgan fingerprint density at radius 1 is 1.50 bits per heavy atom. The monoisotopic (exact) mass is 252 g/mol. The molecule has 0 saturated carbocycles. The summed E-state index contributed by atoms with van der Waals surface area (Å²) in [7, 11) is 3.76. The summed E-state index contributed by atoms with van der Waals surface area (Å²) in [5.41, 5.74) is 0.880. The molecule has 0 amide bonds. The van der Waals surface area contributed by atoms with Gasteiger partial charge in [-0.3, -0.25) is 15.0 Å². The van der Waals surface area contributed by atoms with Crippen LogP contribution in [-0.2, 0) is 6.42 Å². The van der Waals surface area contributed by atoms with Crippen LogP contribution in [0.2, 0.25) is 0 Å². The van der Waals surface area contributed by atoms with Crippen LogP contribution in [0.5, 0.6) is 11.5 Å². The van der Waals surface area contributed by atoms with E-state index in [1.807, 2.05) is 25.9 Å². The highest BCUT2D eigenvalue weighted by Crippen LogP contribution is 2.39. The van der Waals surface area contributed by atoms with Crippen LogP contribution < -0.4 is 9.47 Å². The number of fused-ring (bicyclic) bond motifs is 1. The second-order valence-electron chi connectivity index (χ2n) is 4.47. The summed E-state index contributed by atoms with van der Waals surface area (Å²) < 4.78 is 11.2. The first-order chi connectivity index (χ1) is 8.49. The Morgan fingerprint density at radius 2 is 2.22 bits per heavy atom. The van der Waals surface area contributed by atoms with Crippen molar-refractivity contribution < 1.29 is 14.4 Å². The minimum Gasteiger partial charge on any atom is -0.489 e. The molecule has 1 aromatic carbocycles. The minimum absolute atomic E-state index is 0.0419. The smallest absolute Gasteiger partial charge is 0.273 e. The normalized spacial score (nSPS) is 15.1. The number of rotatable bonds is 4. The molecule has 0 spiro atoms. The van der Waals surface area contributed by atoms with Crippen LogP contribution in [0.3, 0.4) is 0 Å². The Bertz CT molecular complexity index is 473. The molecule has 1 aliphatic rings. The Labute approximate surface area is 105 Å². The zero-order chi connectivity index (χ0) is 13.3. The maximum absolute atomic E-state index is 10.9. The average Bonchev–Trinajstić information content (AvgIpc) is 2.76. The standard InChI is InChI=1S/C12H16N2O4/c1-8(13(2)3)18-11-7-10(14(15)16)6-9-4-5-17-12(9)11/h6-8H,4-5H2,1-3H3. The summed E-state index contributed by atoms with van der Waals surface area (Å²) >= 11 is 0. The summed E-state index contributed by atoms with van der Waals surface area (Å²) in [5, 5.41) is 10.9. The fourth-order valence-electron chi connectivity index (χ4n) is 1.74. The lowest BCUT2D eigenvalue weighted by Crippen LogP contribution is -2.30. The molecule has 1 unspecified atom stereocenters. The van der Waals surface area contributed by atoms with E-state index < -0.39 is 4.92 Å². The second kappa shape index (κ2) is 4.81. The Kier molecular flexibility index (Phi) is 3.38. The summed E-state index contributed by atoms with van der Waals surface area (Å²) in [4.78, 5) is 12.3. The highest BCUT2D eigenvalue weighted by Gasteiger charge is 2.24. The molecule has 0 aliphatic carbocycles. The molecule has 0 aromatic heterocycles. The first kappa shape index (κ1) is 12.6. The van der Waals surface area contributed by atoms with E-state index in [0.29, 0.717) is 24.5 Å². The molecule has 1 heterocycles. The van der Waals surface area contributed by atoms with Crippen LogP contribution in [0.4, 0.5) is 5.69 Å². The lowest BCUT2D eigenvalue weighted by molar-refractivity contribution is -0.385. The van der Waals surface area contributed by atoms with Gasteiger partial charge in [0.25, 0.3) is 5.69 Å². The molecule has 0 N–H and O–H groups in total. The lowest BCUT2D eigenvalue weighted by Gasteiger charge is -2.22. The number of nitro groups is 1.